The molecule has 0 unspecified atom stereocenters. The summed E-state index contributed by atoms with van der Waals surface area (Å²) in [4.78, 5) is 4.16. The summed E-state index contributed by atoms with van der Waals surface area (Å²) < 4.78 is 0.901. The Labute approximate surface area is 101 Å². The number of hydrogen-bond donors (Lipinski definition) is 1. The van der Waals surface area contributed by atoms with E-state index >= 15 is 0 Å². The Kier molecular flexibility index (Phi) is 6.41. The van der Waals surface area contributed by atoms with Crippen LogP contribution in [0.3, 0.4) is 0 Å². The van der Waals surface area contributed by atoms with Crippen molar-refractivity contribution in [2.45, 2.75) is 39.0 Å². The molecule has 0 radical (unpaired) electrons. The molecule has 0 saturated carbocycles. The van der Waals surface area contributed by atoms with Crippen molar-refractivity contribution in [1.29, 1.82) is 0 Å². The number of unbranched alkanes of at least 4 members (excludes halogenated alkanes) is 4. The predicted molar refractivity (Wildman–Crippen MR) is 69.2 cm³/mol. The zero-order valence-electron chi connectivity index (χ0n) is 9.30. The molecule has 0 aromatic carbocycles. The summed E-state index contributed by atoms with van der Waals surface area (Å²) in [6.45, 7) is 3.28. The van der Waals surface area contributed by atoms with Crippen molar-refractivity contribution in [1.82, 2.24) is 4.98 Å². The Morgan fingerprint density at radius 1 is 1.27 bits per heavy atom. The van der Waals surface area contributed by atoms with E-state index in [0.29, 0.717) is 0 Å². The molecule has 1 N–H and O–H groups in total. The molecule has 0 fully saturated rings. The topological polar surface area (TPSA) is 24.9 Å². The summed E-state index contributed by atoms with van der Waals surface area (Å²) in [5.41, 5.74) is 1.09. The fraction of sp³-hybridized carbons (Fsp3) is 0.583. The molecule has 1 aromatic heterocycles. The van der Waals surface area contributed by atoms with Gasteiger partial charge in [-0.2, -0.15) is 0 Å². The van der Waals surface area contributed by atoms with Crippen molar-refractivity contribution < 1.29 is 0 Å². The third-order valence-corrected chi connectivity index (χ3v) is 2.99. The molecule has 0 aliphatic rings. The molecule has 0 amide bonds. The maximum atomic E-state index is 4.16. The Bertz CT molecular complexity index is 276. The second-order valence-corrected chi connectivity index (χ2v) is 4.43. The van der Waals surface area contributed by atoms with E-state index in [1.165, 1.54) is 32.1 Å². The fourth-order valence-electron chi connectivity index (χ4n) is 1.47. The lowest BCUT2D eigenvalue weighted by molar-refractivity contribution is 0.645. The van der Waals surface area contributed by atoms with Crippen LogP contribution in [0.2, 0.25) is 0 Å². The Balaban J connectivity index is 2.12. The van der Waals surface area contributed by atoms with E-state index in [2.05, 4.69) is 33.2 Å². The zero-order valence-corrected chi connectivity index (χ0v) is 10.9. The van der Waals surface area contributed by atoms with Crippen LogP contribution in [0, 0.1) is 0 Å². The van der Waals surface area contributed by atoms with Crippen LogP contribution in [0.5, 0.6) is 0 Å². The van der Waals surface area contributed by atoms with Gasteiger partial charge in [0.1, 0.15) is 4.60 Å². The molecule has 1 aromatic rings. The van der Waals surface area contributed by atoms with E-state index in [0.717, 1.165) is 16.8 Å². The maximum absolute atomic E-state index is 4.16. The largest absolute Gasteiger partial charge is 0.383 e. The normalized spacial score (nSPS) is 10.3. The summed E-state index contributed by atoms with van der Waals surface area (Å²) in [5.74, 6) is 0. The number of hydrogen-bond acceptors (Lipinski definition) is 2. The number of aromatic nitrogens is 1. The lowest BCUT2D eigenvalue weighted by Gasteiger charge is -2.06. The van der Waals surface area contributed by atoms with E-state index in [1.54, 1.807) is 6.20 Å². The molecule has 84 valence electrons. The third kappa shape index (κ3) is 5.17. The van der Waals surface area contributed by atoms with Gasteiger partial charge >= 0.3 is 0 Å². The first-order chi connectivity index (χ1) is 7.34. The highest BCUT2D eigenvalue weighted by atomic mass is 79.9. The molecular formula is C12H19BrN2. The standard InChI is InChI=1S/C12H19BrN2/c1-2-3-4-5-6-9-14-11-8-7-10-15-12(11)13/h7-8,10,14H,2-6,9H2,1H3. The average molecular weight is 271 g/mol. The van der Waals surface area contributed by atoms with E-state index in [-0.39, 0.29) is 0 Å². The Morgan fingerprint density at radius 3 is 2.80 bits per heavy atom. The summed E-state index contributed by atoms with van der Waals surface area (Å²) >= 11 is 3.42. The van der Waals surface area contributed by atoms with Crippen molar-refractivity contribution in [2.75, 3.05) is 11.9 Å². The Morgan fingerprint density at radius 2 is 2.07 bits per heavy atom. The van der Waals surface area contributed by atoms with Gasteiger partial charge in [-0.05, 0) is 34.5 Å². The summed E-state index contributed by atoms with van der Waals surface area (Å²) in [5, 5.41) is 3.38. The van der Waals surface area contributed by atoms with Crippen LogP contribution in [-0.2, 0) is 0 Å². The lowest BCUT2D eigenvalue weighted by Crippen LogP contribution is -2.02. The van der Waals surface area contributed by atoms with Gasteiger partial charge < -0.3 is 5.32 Å². The Hall–Kier alpha value is -0.570. The monoisotopic (exact) mass is 270 g/mol. The molecule has 15 heavy (non-hydrogen) atoms. The first kappa shape index (κ1) is 12.5. The molecular weight excluding hydrogens is 252 g/mol. The third-order valence-electron chi connectivity index (χ3n) is 2.35. The molecule has 0 atom stereocenters. The van der Waals surface area contributed by atoms with Gasteiger partial charge in [-0.1, -0.05) is 32.6 Å². The van der Waals surface area contributed by atoms with Crippen LogP contribution < -0.4 is 5.32 Å². The quantitative estimate of drug-likeness (QED) is 0.593. The number of pyridine rings is 1. The van der Waals surface area contributed by atoms with Crippen LogP contribution >= 0.6 is 15.9 Å². The molecule has 1 rings (SSSR count). The number of nitrogens with one attached hydrogen (secondary N) is 1. The molecule has 0 spiro atoms. The molecule has 3 heteroatoms. The van der Waals surface area contributed by atoms with Crippen LogP contribution in [0.25, 0.3) is 0 Å². The lowest BCUT2D eigenvalue weighted by atomic mass is 10.1. The first-order valence-electron chi connectivity index (χ1n) is 5.69. The van der Waals surface area contributed by atoms with Crippen molar-refractivity contribution >= 4 is 21.6 Å². The molecule has 0 aliphatic carbocycles. The fourth-order valence-corrected chi connectivity index (χ4v) is 1.86. The van der Waals surface area contributed by atoms with Gasteiger partial charge in [0.05, 0.1) is 5.69 Å². The van der Waals surface area contributed by atoms with Gasteiger partial charge in [-0.15, -0.1) is 0 Å². The van der Waals surface area contributed by atoms with E-state index < -0.39 is 0 Å². The first-order valence-corrected chi connectivity index (χ1v) is 6.48. The molecule has 2 nitrogen and oxygen atoms in total. The van der Waals surface area contributed by atoms with Crippen LogP contribution in [-0.4, -0.2) is 11.5 Å². The smallest absolute Gasteiger partial charge is 0.129 e. The second kappa shape index (κ2) is 7.69. The molecule has 1 heterocycles. The number of anilines is 1. The summed E-state index contributed by atoms with van der Waals surface area (Å²) in [7, 11) is 0. The highest BCUT2D eigenvalue weighted by molar-refractivity contribution is 9.10. The number of halogens is 1. The minimum atomic E-state index is 0.901. The van der Waals surface area contributed by atoms with Crippen molar-refractivity contribution in [3.05, 3.63) is 22.9 Å². The van der Waals surface area contributed by atoms with Gasteiger partial charge in [0, 0.05) is 12.7 Å². The van der Waals surface area contributed by atoms with Crippen LogP contribution in [0.4, 0.5) is 5.69 Å². The van der Waals surface area contributed by atoms with Crippen LogP contribution in [0.15, 0.2) is 22.9 Å². The van der Waals surface area contributed by atoms with Crippen molar-refractivity contribution in [2.24, 2.45) is 0 Å². The van der Waals surface area contributed by atoms with Crippen molar-refractivity contribution in [3.63, 3.8) is 0 Å². The number of nitrogens with zero attached hydrogens (tertiary/aromatic N) is 1. The maximum Gasteiger partial charge on any atom is 0.129 e. The number of rotatable bonds is 7. The minimum absolute atomic E-state index is 0.901. The van der Waals surface area contributed by atoms with Crippen molar-refractivity contribution in [3.8, 4) is 0 Å². The molecule has 0 saturated heterocycles. The highest BCUT2D eigenvalue weighted by Gasteiger charge is 1.97. The van der Waals surface area contributed by atoms with E-state index in [4.69, 9.17) is 0 Å². The van der Waals surface area contributed by atoms with Crippen LogP contribution in [0.1, 0.15) is 39.0 Å². The summed E-state index contributed by atoms with van der Waals surface area (Å²) in [6.07, 6.45) is 8.36. The van der Waals surface area contributed by atoms with Gasteiger partial charge in [0.15, 0.2) is 0 Å². The van der Waals surface area contributed by atoms with Gasteiger partial charge in [-0.3, -0.25) is 0 Å². The average Bonchev–Trinajstić information content (AvgIpc) is 2.25. The van der Waals surface area contributed by atoms with E-state index in [9.17, 15) is 0 Å². The zero-order chi connectivity index (χ0) is 10.9. The minimum Gasteiger partial charge on any atom is -0.383 e. The highest BCUT2D eigenvalue weighted by Crippen LogP contribution is 2.18. The van der Waals surface area contributed by atoms with E-state index in [1.807, 2.05) is 12.1 Å². The molecule has 0 bridgehead atoms. The predicted octanol–water partition coefficient (Wildman–Crippen LogP) is 4.23. The van der Waals surface area contributed by atoms with Gasteiger partial charge in [-0.25, -0.2) is 4.98 Å². The van der Waals surface area contributed by atoms with Gasteiger partial charge in [0.25, 0.3) is 0 Å². The SMILES string of the molecule is CCCCCCCNc1cccnc1Br. The molecule has 0 aliphatic heterocycles. The van der Waals surface area contributed by atoms with Gasteiger partial charge in [0.2, 0.25) is 0 Å². The summed E-state index contributed by atoms with van der Waals surface area (Å²) in [6, 6.07) is 3.99. The second-order valence-electron chi connectivity index (χ2n) is 3.68.